The molecular weight excluding hydrogens is 341 g/mol. The Morgan fingerprint density at radius 2 is 1.88 bits per heavy atom. The summed E-state index contributed by atoms with van der Waals surface area (Å²) in [7, 11) is 3.40. The van der Waals surface area contributed by atoms with Crippen LogP contribution in [0, 0.1) is 15.9 Å². The lowest BCUT2D eigenvalue weighted by Gasteiger charge is -2.12. The van der Waals surface area contributed by atoms with Gasteiger partial charge in [-0.3, -0.25) is 10.1 Å². The van der Waals surface area contributed by atoms with E-state index < -0.39 is 16.7 Å². The van der Waals surface area contributed by atoms with E-state index in [0.717, 1.165) is 0 Å². The monoisotopic (exact) mass is 355 g/mol. The van der Waals surface area contributed by atoms with Gasteiger partial charge in [0, 0.05) is 25.7 Å². The number of anilines is 1. The third-order valence-corrected chi connectivity index (χ3v) is 3.69. The fourth-order valence-corrected chi connectivity index (χ4v) is 2.44. The Labute approximate surface area is 148 Å². The molecular formula is C18H14FN3O4. The molecule has 7 nitrogen and oxygen atoms in total. The van der Waals surface area contributed by atoms with Crippen LogP contribution >= 0.6 is 0 Å². The van der Waals surface area contributed by atoms with Gasteiger partial charge in [0.2, 0.25) is 5.90 Å². The Morgan fingerprint density at radius 1 is 1.19 bits per heavy atom. The minimum absolute atomic E-state index is 0.0104. The first-order valence-electron chi connectivity index (χ1n) is 7.59. The molecule has 0 atom stereocenters. The zero-order chi connectivity index (χ0) is 18.8. The van der Waals surface area contributed by atoms with E-state index >= 15 is 0 Å². The summed E-state index contributed by atoms with van der Waals surface area (Å²) >= 11 is 0. The largest absolute Gasteiger partial charge is 0.402 e. The number of hydrogen-bond acceptors (Lipinski definition) is 6. The molecule has 0 N–H and O–H groups in total. The first-order chi connectivity index (χ1) is 12.3. The van der Waals surface area contributed by atoms with Crippen molar-refractivity contribution in [3.63, 3.8) is 0 Å². The molecule has 0 saturated carbocycles. The molecule has 0 spiro atoms. The Morgan fingerprint density at radius 3 is 2.50 bits per heavy atom. The molecule has 1 heterocycles. The van der Waals surface area contributed by atoms with Crippen molar-refractivity contribution in [1.29, 1.82) is 0 Å². The number of nitro benzene ring substituents is 1. The molecule has 1 aliphatic rings. The Hall–Kier alpha value is -3.55. The predicted molar refractivity (Wildman–Crippen MR) is 94.4 cm³/mol. The SMILES string of the molecule is CN(C)c1ccc(/C=C2\N=C(c3ccc(F)cc3)OC2=O)cc1[N+](=O)[O-]. The molecule has 0 unspecified atom stereocenters. The number of nitro groups is 1. The van der Waals surface area contributed by atoms with Gasteiger partial charge in [-0.2, -0.15) is 0 Å². The summed E-state index contributed by atoms with van der Waals surface area (Å²) in [6, 6.07) is 9.96. The number of carbonyl (C=O) groups is 1. The van der Waals surface area contributed by atoms with Crippen molar-refractivity contribution in [3.05, 3.63) is 75.2 Å². The Bertz CT molecular complexity index is 949. The smallest absolute Gasteiger partial charge is 0.363 e. The van der Waals surface area contributed by atoms with Crippen LogP contribution in [0.1, 0.15) is 11.1 Å². The lowest BCUT2D eigenvalue weighted by molar-refractivity contribution is -0.384. The molecule has 1 aliphatic heterocycles. The highest BCUT2D eigenvalue weighted by Crippen LogP contribution is 2.29. The average molecular weight is 355 g/mol. The molecule has 0 aromatic heterocycles. The highest BCUT2D eigenvalue weighted by Gasteiger charge is 2.24. The van der Waals surface area contributed by atoms with Gasteiger partial charge in [-0.25, -0.2) is 14.2 Å². The van der Waals surface area contributed by atoms with Gasteiger partial charge < -0.3 is 9.64 Å². The van der Waals surface area contributed by atoms with Crippen LogP contribution in [0.25, 0.3) is 6.08 Å². The molecule has 0 saturated heterocycles. The fourth-order valence-electron chi connectivity index (χ4n) is 2.44. The van der Waals surface area contributed by atoms with Crippen molar-refractivity contribution >= 4 is 29.3 Å². The Kier molecular flexibility index (Phi) is 4.49. The summed E-state index contributed by atoms with van der Waals surface area (Å²) in [5.74, 6) is -1.04. The lowest BCUT2D eigenvalue weighted by atomic mass is 10.1. The molecule has 0 fully saturated rings. The predicted octanol–water partition coefficient (Wildman–Crippen LogP) is 3.14. The van der Waals surface area contributed by atoms with Gasteiger partial charge in [-0.05, 0) is 42.0 Å². The molecule has 0 radical (unpaired) electrons. The van der Waals surface area contributed by atoms with Gasteiger partial charge in [0.1, 0.15) is 11.5 Å². The van der Waals surface area contributed by atoms with Crippen LogP contribution in [0.5, 0.6) is 0 Å². The van der Waals surface area contributed by atoms with Crippen LogP contribution in [0.2, 0.25) is 0 Å². The number of benzene rings is 2. The standard InChI is InChI=1S/C18H14FN3O4/c1-21(2)15-8-3-11(10-16(15)22(24)25)9-14-18(23)26-17(20-14)12-4-6-13(19)7-5-12/h3-10H,1-2H3/b14-9-. The molecule has 3 rings (SSSR count). The number of esters is 1. The number of cyclic esters (lactones) is 1. The van der Waals surface area contributed by atoms with Gasteiger partial charge in [0.15, 0.2) is 5.70 Å². The highest BCUT2D eigenvalue weighted by molar-refractivity contribution is 6.12. The zero-order valence-electron chi connectivity index (χ0n) is 14.0. The maximum absolute atomic E-state index is 13.0. The normalized spacial score (nSPS) is 15.0. The van der Waals surface area contributed by atoms with Crippen LogP contribution in [0.15, 0.2) is 53.2 Å². The van der Waals surface area contributed by atoms with E-state index in [2.05, 4.69) is 4.99 Å². The third-order valence-electron chi connectivity index (χ3n) is 3.69. The van der Waals surface area contributed by atoms with Crippen LogP contribution < -0.4 is 4.90 Å². The maximum atomic E-state index is 13.0. The maximum Gasteiger partial charge on any atom is 0.363 e. The lowest BCUT2D eigenvalue weighted by Crippen LogP contribution is -2.11. The summed E-state index contributed by atoms with van der Waals surface area (Å²) in [6.45, 7) is 0. The quantitative estimate of drug-likeness (QED) is 0.364. The van der Waals surface area contributed by atoms with Crippen LogP contribution in [-0.2, 0) is 9.53 Å². The summed E-state index contributed by atoms with van der Waals surface area (Å²) in [5.41, 5.74) is 1.27. The molecule has 0 amide bonds. The highest BCUT2D eigenvalue weighted by atomic mass is 19.1. The summed E-state index contributed by atoms with van der Waals surface area (Å²) in [5, 5.41) is 11.3. The second kappa shape index (κ2) is 6.75. The fraction of sp³-hybridized carbons (Fsp3) is 0.111. The third kappa shape index (κ3) is 3.44. The van der Waals surface area contributed by atoms with Gasteiger partial charge in [0.25, 0.3) is 5.69 Å². The van der Waals surface area contributed by atoms with Gasteiger partial charge >= 0.3 is 5.97 Å². The van der Waals surface area contributed by atoms with Crippen molar-refractivity contribution in [2.45, 2.75) is 0 Å². The molecule has 0 bridgehead atoms. The van der Waals surface area contributed by atoms with E-state index in [1.54, 1.807) is 31.1 Å². The molecule has 2 aromatic carbocycles. The number of ether oxygens (including phenoxy) is 1. The number of nitrogens with zero attached hydrogens (tertiary/aromatic N) is 3. The molecule has 8 heteroatoms. The molecule has 2 aromatic rings. The topological polar surface area (TPSA) is 85.0 Å². The molecule has 26 heavy (non-hydrogen) atoms. The summed E-state index contributed by atoms with van der Waals surface area (Å²) < 4.78 is 18.1. The van der Waals surface area contributed by atoms with Crippen molar-refractivity contribution < 1.29 is 18.8 Å². The zero-order valence-corrected chi connectivity index (χ0v) is 14.0. The number of hydrogen-bond donors (Lipinski definition) is 0. The minimum Gasteiger partial charge on any atom is -0.402 e. The Balaban J connectivity index is 1.96. The van der Waals surface area contributed by atoms with Crippen molar-refractivity contribution in [2.75, 3.05) is 19.0 Å². The van der Waals surface area contributed by atoms with Crippen molar-refractivity contribution in [2.24, 2.45) is 4.99 Å². The number of halogens is 1. The van der Waals surface area contributed by atoms with E-state index in [-0.39, 0.29) is 17.3 Å². The second-order valence-electron chi connectivity index (χ2n) is 5.74. The number of aliphatic imine (C=N–C) groups is 1. The average Bonchev–Trinajstić information content (AvgIpc) is 2.96. The van der Waals surface area contributed by atoms with E-state index in [0.29, 0.717) is 16.8 Å². The van der Waals surface area contributed by atoms with Crippen LogP contribution in [0.4, 0.5) is 15.8 Å². The van der Waals surface area contributed by atoms with E-state index in [1.165, 1.54) is 36.4 Å². The van der Waals surface area contributed by atoms with Gasteiger partial charge in [-0.1, -0.05) is 6.07 Å². The van der Waals surface area contributed by atoms with E-state index in [4.69, 9.17) is 4.74 Å². The molecule has 132 valence electrons. The van der Waals surface area contributed by atoms with Crippen molar-refractivity contribution in [1.82, 2.24) is 0 Å². The number of rotatable bonds is 4. The summed E-state index contributed by atoms with van der Waals surface area (Å²) in [4.78, 5) is 28.5. The first kappa shape index (κ1) is 17.3. The van der Waals surface area contributed by atoms with Gasteiger partial charge in [-0.15, -0.1) is 0 Å². The minimum atomic E-state index is -0.677. The van der Waals surface area contributed by atoms with E-state index in [9.17, 15) is 19.3 Å². The van der Waals surface area contributed by atoms with Gasteiger partial charge in [0.05, 0.1) is 4.92 Å². The second-order valence-corrected chi connectivity index (χ2v) is 5.74. The van der Waals surface area contributed by atoms with Crippen LogP contribution in [-0.4, -0.2) is 30.9 Å². The van der Waals surface area contributed by atoms with E-state index in [1.807, 2.05) is 0 Å². The van der Waals surface area contributed by atoms with Crippen molar-refractivity contribution in [3.8, 4) is 0 Å². The number of carbonyl (C=O) groups excluding carboxylic acids is 1. The van der Waals surface area contributed by atoms with Crippen LogP contribution in [0.3, 0.4) is 0 Å². The molecule has 0 aliphatic carbocycles. The summed E-state index contributed by atoms with van der Waals surface area (Å²) in [6.07, 6.45) is 1.41. The first-order valence-corrected chi connectivity index (χ1v) is 7.59.